The summed E-state index contributed by atoms with van der Waals surface area (Å²) in [7, 11) is 0. The van der Waals surface area contributed by atoms with Gasteiger partial charge in [0.15, 0.2) is 0 Å². The molecule has 2 aromatic rings. The van der Waals surface area contributed by atoms with Crippen molar-refractivity contribution in [3.63, 3.8) is 0 Å². The minimum atomic E-state index is 0.661. The molecule has 0 fully saturated rings. The molecule has 0 bridgehead atoms. The number of halogens is 2. The molecule has 1 aromatic carbocycles. The van der Waals surface area contributed by atoms with E-state index < -0.39 is 0 Å². The Morgan fingerprint density at radius 2 is 2.07 bits per heavy atom. The first-order valence-electron chi connectivity index (χ1n) is 4.29. The monoisotopic (exact) mass is 299 g/mol. The van der Waals surface area contributed by atoms with Gasteiger partial charge in [0.25, 0.3) is 0 Å². The summed E-state index contributed by atoms with van der Waals surface area (Å²) in [6, 6.07) is 11.9. The van der Waals surface area contributed by atoms with Gasteiger partial charge >= 0.3 is 0 Å². The minimum absolute atomic E-state index is 0.661. The Balaban J connectivity index is 2.18. The first kappa shape index (κ1) is 11.0. The van der Waals surface area contributed by atoms with E-state index in [-0.39, 0.29) is 0 Å². The van der Waals surface area contributed by atoms with Gasteiger partial charge in [-0.05, 0) is 30.3 Å². The minimum Gasteiger partial charge on any atom is -0.248 e. The van der Waals surface area contributed by atoms with Crippen molar-refractivity contribution in [3.05, 3.63) is 52.1 Å². The highest BCUT2D eigenvalue weighted by Gasteiger charge is 1.99. The van der Waals surface area contributed by atoms with Crippen LogP contribution >= 0.6 is 39.3 Å². The van der Waals surface area contributed by atoms with Crippen molar-refractivity contribution < 1.29 is 0 Å². The van der Waals surface area contributed by atoms with Crippen LogP contribution in [0.5, 0.6) is 0 Å². The second kappa shape index (κ2) is 5.01. The molecule has 0 saturated carbocycles. The summed E-state index contributed by atoms with van der Waals surface area (Å²) in [5.74, 6) is 0. The lowest BCUT2D eigenvalue weighted by atomic mass is 10.4. The molecule has 0 saturated heterocycles. The van der Waals surface area contributed by atoms with E-state index in [4.69, 9.17) is 11.6 Å². The molecule has 4 heteroatoms. The van der Waals surface area contributed by atoms with Crippen molar-refractivity contribution >= 4 is 39.3 Å². The smallest absolute Gasteiger partial charge is 0.101 e. The van der Waals surface area contributed by atoms with Crippen molar-refractivity contribution in [2.45, 2.75) is 9.92 Å². The summed E-state index contributed by atoms with van der Waals surface area (Å²) in [4.78, 5) is 5.37. The fourth-order valence-corrected chi connectivity index (χ4v) is 2.55. The average molecular weight is 301 g/mol. The van der Waals surface area contributed by atoms with Gasteiger partial charge in [-0.2, -0.15) is 0 Å². The molecule has 0 N–H and O–H groups in total. The third-order valence-corrected chi connectivity index (χ3v) is 3.38. The third-order valence-electron chi connectivity index (χ3n) is 1.72. The molecule has 0 unspecified atom stereocenters. The van der Waals surface area contributed by atoms with Crippen molar-refractivity contribution in [3.8, 4) is 0 Å². The molecule has 0 aliphatic heterocycles. The molecule has 0 radical (unpaired) electrons. The molecule has 0 aliphatic carbocycles. The van der Waals surface area contributed by atoms with Crippen LogP contribution in [0.4, 0.5) is 0 Å². The number of rotatable bonds is 2. The van der Waals surface area contributed by atoms with Gasteiger partial charge in [-0.1, -0.05) is 45.4 Å². The quantitative estimate of drug-likeness (QED) is 0.801. The zero-order chi connectivity index (χ0) is 10.7. The van der Waals surface area contributed by atoms with Crippen molar-refractivity contribution in [2.24, 2.45) is 0 Å². The second-order valence-electron chi connectivity index (χ2n) is 2.87. The van der Waals surface area contributed by atoms with E-state index in [2.05, 4.69) is 27.0 Å². The van der Waals surface area contributed by atoms with Gasteiger partial charge < -0.3 is 0 Å². The molecule has 0 aliphatic rings. The maximum absolute atomic E-state index is 5.76. The molecule has 0 spiro atoms. The highest BCUT2D eigenvalue weighted by atomic mass is 79.9. The maximum atomic E-state index is 5.76. The lowest BCUT2D eigenvalue weighted by Gasteiger charge is -2.00. The standard InChI is InChI=1S/C11H7BrClNS/c12-8-2-1-3-10(6-8)15-11-5-4-9(13)7-14-11/h1-7H. The van der Waals surface area contributed by atoms with Crippen LogP contribution in [0.15, 0.2) is 57.0 Å². The third kappa shape index (κ3) is 3.23. The zero-order valence-electron chi connectivity index (χ0n) is 7.65. The Bertz CT molecular complexity index is 458. The van der Waals surface area contributed by atoms with E-state index in [9.17, 15) is 0 Å². The Kier molecular flexibility index (Phi) is 3.67. The summed E-state index contributed by atoms with van der Waals surface area (Å²) in [6.07, 6.45) is 1.65. The van der Waals surface area contributed by atoms with Crippen LogP contribution in [-0.4, -0.2) is 4.98 Å². The Morgan fingerprint density at radius 1 is 1.20 bits per heavy atom. The summed E-state index contributed by atoms with van der Waals surface area (Å²) in [5, 5.41) is 1.60. The number of hydrogen-bond acceptors (Lipinski definition) is 2. The van der Waals surface area contributed by atoms with E-state index in [1.807, 2.05) is 30.3 Å². The van der Waals surface area contributed by atoms with Crippen LogP contribution in [0, 0.1) is 0 Å². The van der Waals surface area contributed by atoms with E-state index in [1.54, 1.807) is 18.0 Å². The molecular formula is C11H7BrClNS. The highest BCUT2D eigenvalue weighted by molar-refractivity contribution is 9.10. The van der Waals surface area contributed by atoms with Crippen LogP contribution < -0.4 is 0 Å². The SMILES string of the molecule is Clc1ccc(Sc2cccc(Br)c2)nc1. The van der Waals surface area contributed by atoms with Crippen LogP contribution in [0.3, 0.4) is 0 Å². The average Bonchev–Trinajstić information content (AvgIpc) is 2.22. The van der Waals surface area contributed by atoms with Crippen molar-refractivity contribution in [2.75, 3.05) is 0 Å². The Morgan fingerprint density at radius 3 is 2.73 bits per heavy atom. The number of nitrogens with zero attached hydrogens (tertiary/aromatic N) is 1. The van der Waals surface area contributed by atoms with Gasteiger partial charge in [-0.3, -0.25) is 0 Å². The van der Waals surface area contributed by atoms with E-state index in [0.29, 0.717) is 5.02 Å². The molecule has 2 rings (SSSR count). The van der Waals surface area contributed by atoms with Crippen LogP contribution in [-0.2, 0) is 0 Å². The van der Waals surface area contributed by atoms with Crippen molar-refractivity contribution in [1.29, 1.82) is 0 Å². The number of benzene rings is 1. The predicted octanol–water partition coefficient (Wildman–Crippen LogP) is 4.65. The molecular weight excluding hydrogens is 294 g/mol. The number of aromatic nitrogens is 1. The van der Waals surface area contributed by atoms with Gasteiger partial charge in [0.05, 0.1) is 5.02 Å². The zero-order valence-corrected chi connectivity index (χ0v) is 10.8. The summed E-state index contributed by atoms with van der Waals surface area (Å²) < 4.78 is 1.07. The highest BCUT2D eigenvalue weighted by Crippen LogP contribution is 2.28. The summed E-state index contributed by atoms with van der Waals surface area (Å²) >= 11 is 10.8. The second-order valence-corrected chi connectivity index (χ2v) is 5.32. The molecule has 76 valence electrons. The number of hydrogen-bond donors (Lipinski definition) is 0. The topological polar surface area (TPSA) is 12.9 Å². The predicted molar refractivity (Wildman–Crippen MR) is 67.5 cm³/mol. The van der Waals surface area contributed by atoms with Crippen LogP contribution in [0.1, 0.15) is 0 Å². The molecule has 15 heavy (non-hydrogen) atoms. The van der Waals surface area contributed by atoms with Gasteiger partial charge in [-0.15, -0.1) is 0 Å². The fraction of sp³-hybridized carbons (Fsp3) is 0. The summed E-state index contributed by atoms with van der Waals surface area (Å²) in [5.41, 5.74) is 0. The van der Waals surface area contributed by atoms with Gasteiger partial charge in [0.2, 0.25) is 0 Å². The molecule has 1 heterocycles. The van der Waals surface area contributed by atoms with Crippen molar-refractivity contribution in [1.82, 2.24) is 4.98 Å². The molecule has 1 nitrogen and oxygen atoms in total. The lowest BCUT2D eigenvalue weighted by Crippen LogP contribution is -1.78. The first-order valence-corrected chi connectivity index (χ1v) is 6.28. The Labute approximate surface area is 106 Å². The molecule has 0 amide bonds. The van der Waals surface area contributed by atoms with Gasteiger partial charge in [-0.25, -0.2) is 4.98 Å². The van der Waals surface area contributed by atoms with E-state index in [0.717, 1.165) is 14.4 Å². The fourth-order valence-electron chi connectivity index (χ4n) is 1.07. The largest absolute Gasteiger partial charge is 0.248 e. The van der Waals surface area contributed by atoms with E-state index in [1.165, 1.54) is 0 Å². The Hall–Kier alpha value is -0.510. The van der Waals surface area contributed by atoms with Gasteiger partial charge in [0.1, 0.15) is 5.03 Å². The molecule has 0 atom stereocenters. The van der Waals surface area contributed by atoms with Crippen LogP contribution in [0.2, 0.25) is 5.02 Å². The van der Waals surface area contributed by atoms with Crippen LogP contribution in [0.25, 0.3) is 0 Å². The molecule has 1 aromatic heterocycles. The first-order chi connectivity index (χ1) is 7.24. The maximum Gasteiger partial charge on any atom is 0.101 e. The number of pyridine rings is 1. The normalized spacial score (nSPS) is 10.3. The summed E-state index contributed by atoms with van der Waals surface area (Å²) in [6.45, 7) is 0. The lowest BCUT2D eigenvalue weighted by molar-refractivity contribution is 1.13. The van der Waals surface area contributed by atoms with Gasteiger partial charge in [0, 0.05) is 15.6 Å². The van der Waals surface area contributed by atoms with E-state index >= 15 is 0 Å².